The van der Waals surface area contributed by atoms with Crippen molar-refractivity contribution in [1.29, 1.82) is 0 Å². The molecule has 0 spiro atoms. The second-order valence-electron chi connectivity index (χ2n) is 8.32. The fourth-order valence-electron chi connectivity index (χ4n) is 2.84. The fourth-order valence-corrected chi connectivity index (χ4v) is 3.47. The van der Waals surface area contributed by atoms with Crippen molar-refractivity contribution in [2.45, 2.75) is 59.0 Å². The summed E-state index contributed by atoms with van der Waals surface area (Å²) in [6, 6.07) is 7.13. The number of nitrogens with one attached hydrogen (secondary N) is 1. The number of hydrogen-bond acceptors (Lipinski definition) is 6. The Hall–Kier alpha value is -2.68. The van der Waals surface area contributed by atoms with Crippen molar-refractivity contribution in [3.8, 4) is 11.3 Å². The third-order valence-electron chi connectivity index (χ3n) is 4.31. The molecule has 9 heteroatoms. The van der Waals surface area contributed by atoms with Gasteiger partial charge in [0, 0.05) is 24.8 Å². The van der Waals surface area contributed by atoms with Crippen LogP contribution in [-0.2, 0) is 9.53 Å². The van der Waals surface area contributed by atoms with E-state index in [-0.39, 0.29) is 10.8 Å². The maximum Gasteiger partial charge on any atom is 0.435 e. The van der Waals surface area contributed by atoms with Crippen molar-refractivity contribution in [3.63, 3.8) is 0 Å². The molecule has 32 heavy (non-hydrogen) atoms. The molecule has 0 aliphatic rings. The maximum absolute atomic E-state index is 13.3. The Labute approximate surface area is 192 Å². The number of carbonyl (C=O) groups is 3. The van der Waals surface area contributed by atoms with E-state index in [1.807, 2.05) is 0 Å². The van der Waals surface area contributed by atoms with E-state index < -0.39 is 23.4 Å². The zero-order valence-corrected chi connectivity index (χ0v) is 19.8. The molecule has 0 aliphatic carbocycles. The van der Waals surface area contributed by atoms with E-state index in [0.29, 0.717) is 17.8 Å². The number of carbonyl (C=O) groups excluding carboxylic acids is 3. The van der Waals surface area contributed by atoms with Gasteiger partial charge in [-0.25, -0.2) is 9.18 Å². The quantitative estimate of drug-likeness (QED) is 0.524. The average molecular weight is 464 g/mol. The number of rotatable bonds is 9. The van der Waals surface area contributed by atoms with Crippen molar-refractivity contribution in [2.75, 3.05) is 12.3 Å². The van der Waals surface area contributed by atoms with E-state index in [1.54, 1.807) is 27.7 Å². The molecular formula is C23H30FN3O4S. The summed E-state index contributed by atoms with van der Waals surface area (Å²) in [6.07, 6.45) is 2.86. The third kappa shape index (κ3) is 8.45. The predicted octanol–water partition coefficient (Wildman–Crippen LogP) is 5.04. The van der Waals surface area contributed by atoms with Gasteiger partial charge in [-0.2, -0.15) is 9.78 Å². The number of thioether (sulfide) groups is 1. The van der Waals surface area contributed by atoms with Crippen LogP contribution in [-0.4, -0.2) is 44.8 Å². The van der Waals surface area contributed by atoms with Gasteiger partial charge in [0.1, 0.15) is 17.1 Å². The van der Waals surface area contributed by atoms with Crippen LogP contribution in [0.5, 0.6) is 0 Å². The summed E-state index contributed by atoms with van der Waals surface area (Å²) in [7, 11) is 0. The highest BCUT2D eigenvalue weighted by Gasteiger charge is 2.25. The zero-order chi connectivity index (χ0) is 23.7. The van der Waals surface area contributed by atoms with Crippen LogP contribution in [0, 0.1) is 5.82 Å². The molecule has 1 heterocycles. The number of ether oxygens (including phenoxy) is 1. The van der Waals surface area contributed by atoms with Crippen molar-refractivity contribution >= 4 is 28.9 Å². The fraction of sp³-hybridized carbons (Fsp3) is 0.478. The molecule has 2 rings (SSSR count). The number of nitrogens with zero attached hydrogens (tertiary/aromatic N) is 2. The van der Waals surface area contributed by atoms with Gasteiger partial charge in [0.2, 0.25) is 0 Å². The molecular weight excluding hydrogens is 433 g/mol. The van der Waals surface area contributed by atoms with Crippen LogP contribution in [0.1, 0.15) is 63.9 Å². The van der Waals surface area contributed by atoms with E-state index in [9.17, 15) is 18.8 Å². The number of amides is 1. The molecule has 0 radical (unpaired) electrons. The van der Waals surface area contributed by atoms with E-state index in [4.69, 9.17) is 4.74 Å². The summed E-state index contributed by atoms with van der Waals surface area (Å²) in [5, 5.41) is 7.17. The summed E-state index contributed by atoms with van der Waals surface area (Å²) in [4.78, 5) is 36.3. The smallest absolute Gasteiger partial charge is 0.435 e. The molecule has 1 aromatic heterocycles. The number of unbranched alkanes of at least 4 members (excludes halogenated alkanes) is 3. The Morgan fingerprint density at radius 3 is 2.38 bits per heavy atom. The van der Waals surface area contributed by atoms with Crippen molar-refractivity contribution < 1.29 is 23.5 Å². The molecule has 1 N–H and O–H groups in total. The second-order valence-corrected chi connectivity index (χ2v) is 9.60. The lowest BCUT2D eigenvalue weighted by Gasteiger charge is -2.19. The van der Waals surface area contributed by atoms with Gasteiger partial charge in [0.05, 0.1) is 5.69 Å². The number of aromatic nitrogens is 2. The minimum atomic E-state index is -0.765. The normalized spacial score (nSPS) is 11.3. The third-order valence-corrected chi connectivity index (χ3v) is 5.21. The highest BCUT2D eigenvalue weighted by Crippen LogP contribution is 2.21. The molecule has 0 aliphatic heterocycles. The number of halogens is 1. The standard InChI is InChI=1S/C23H30FN3O4S/c1-16(28)32-14-8-6-5-7-13-25-21(29)20-15-19(17-9-11-18(24)12-10-17)26-27(20)22(30)31-23(2,3)4/h9-12,15H,5-8,13-14H2,1-4H3,(H,25,29). The maximum atomic E-state index is 13.3. The van der Waals surface area contributed by atoms with E-state index in [1.165, 1.54) is 42.1 Å². The number of benzene rings is 1. The molecule has 0 atom stereocenters. The van der Waals surface area contributed by atoms with E-state index in [2.05, 4.69) is 10.4 Å². The van der Waals surface area contributed by atoms with Crippen LogP contribution < -0.4 is 5.32 Å². The van der Waals surface area contributed by atoms with Gasteiger partial charge in [0.15, 0.2) is 5.12 Å². The van der Waals surface area contributed by atoms with Crippen LogP contribution in [0.4, 0.5) is 9.18 Å². The van der Waals surface area contributed by atoms with Crippen LogP contribution in [0.2, 0.25) is 0 Å². The summed E-state index contributed by atoms with van der Waals surface area (Å²) in [5.41, 5.74) is 0.236. The molecule has 2 aromatic rings. The Balaban J connectivity index is 2.04. The first kappa shape index (κ1) is 25.6. The lowest BCUT2D eigenvalue weighted by molar-refractivity contribution is -0.109. The van der Waals surface area contributed by atoms with Crippen molar-refractivity contribution in [3.05, 3.63) is 41.8 Å². The van der Waals surface area contributed by atoms with E-state index >= 15 is 0 Å². The largest absolute Gasteiger partial charge is 0.442 e. The van der Waals surface area contributed by atoms with Gasteiger partial charge in [-0.15, -0.1) is 0 Å². The van der Waals surface area contributed by atoms with E-state index in [0.717, 1.165) is 36.1 Å². The van der Waals surface area contributed by atoms with Crippen LogP contribution in [0.15, 0.2) is 30.3 Å². The highest BCUT2D eigenvalue weighted by atomic mass is 32.2. The Morgan fingerprint density at radius 2 is 1.75 bits per heavy atom. The summed E-state index contributed by atoms with van der Waals surface area (Å²) < 4.78 is 19.6. The first-order valence-electron chi connectivity index (χ1n) is 10.6. The molecule has 0 saturated carbocycles. The molecule has 0 fully saturated rings. The summed E-state index contributed by atoms with van der Waals surface area (Å²) in [6.45, 7) is 7.19. The zero-order valence-electron chi connectivity index (χ0n) is 18.9. The van der Waals surface area contributed by atoms with Gasteiger partial charge in [-0.1, -0.05) is 24.6 Å². The molecule has 1 aromatic carbocycles. The molecule has 174 valence electrons. The highest BCUT2D eigenvalue weighted by molar-refractivity contribution is 8.13. The minimum absolute atomic E-state index is 0.0523. The van der Waals surface area contributed by atoms with Gasteiger partial charge in [-0.05, 0) is 63.9 Å². The Morgan fingerprint density at radius 1 is 1.09 bits per heavy atom. The second kappa shape index (κ2) is 11.8. The summed E-state index contributed by atoms with van der Waals surface area (Å²) in [5.74, 6) is -0.0230. The van der Waals surface area contributed by atoms with Gasteiger partial charge in [-0.3, -0.25) is 9.59 Å². The Kier molecular flexibility index (Phi) is 9.43. The van der Waals surface area contributed by atoms with Gasteiger partial charge < -0.3 is 10.1 Å². The molecule has 1 amide bonds. The molecule has 7 nitrogen and oxygen atoms in total. The molecule has 0 saturated heterocycles. The number of hydrogen-bond donors (Lipinski definition) is 1. The van der Waals surface area contributed by atoms with Gasteiger partial charge in [0.25, 0.3) is 5.91 Å². The van der Waals surface area contributed by atoms with Crippen LogP contribution in [0.3, 0.4) is 0 Å². The average Bonchev–Trinajstić information content (AvgIpc) is 3.14. The van der Waals surface area contributed by atoms with Crippen LogP contribution in [0.25, 0.3) is 11.3 Å². The topological polar surface area (TPSA) is 90.3 Å². The van der Waals surface area contributed by atoms with Crippen molar-refractivity contribution in [2.24, 2.45) is 0 Å². The van der Waals surface area contributed by atoms with Crippen molar-refractivity contribution in [1.82, 2.24) is 15.1 Å². The SMILES string of the molecule is CC(=O)SCCCCCCNC(=O)c1cc(-c2ccc(F)cc2)nn1C(=O)OC(C)(C)C. The monoisotopic (exact) mass is 463 g/mol. The van der Waals surface area contributed by atoms with Gasteiger partial charge >= 0.3 is 6.09 Å². The first-order chi connectivity index (χ1) is 15.1. The molecule has 0 unspecified atom stereocenters. The van der Waals surface area contributed by atoms with Crippen LogP contribution >= 0.6 is 11.8 Å². The summed E-state index contributed by atoms with van der Waals surface area (Å²) >= 11 is 1.32. The lowest BCUT2D eigenvalue weighted by atomic mass is 10.1. The Bertz CT molecular complexity index is 936. The minimum Gasteiger partial charge on any atom is -0.442 e. The predicted molar refractivity (Wildman–Crippen MR) is 123 cm³/mol. The lowest BCUT2D eigenvalue weighted by Crippen LogP contribution is -2.33. The first-order valence-corrected chi connectivity index (χ1v) is 11.6. The molecule has 0 bridgehead atoms.